The van der Waals surface area contributed by atoms with E-state index in [4.69, 9.17) is 0 Å². The van der Waals surface area contributed by atoms with Crippen LogP contribution < -0.4 is 14.7 Å². The fraction of sp³-hybridized carbons (Fsp3) is 0.282. The molecular weight excluding hydrogens is 979 g/mol. The molecule has 8 aromatic rings. The van der Waals surface area contributed by atoms with Crippen molar-refractivity contribution in [2.24, 2.45) is 0 Å². The molecule has 0 bridgehead atoms. The number of benzene rings is 8. The van der Waals surface area contributed by atoms with E-state index in [1.807, 2.05) is 0 Å². The molecule has 3 aliphatic heterocycles. The van der Waals surface area contributed by atoms with Crippen molar-refractivity contribution in [1.29, 1.82) is 0 Å². The first-order valence-electron chi connectivity index (χ1n) is 30.0. The molecule has 400 valence electrons. The highest BCUT2D eigenvalue weighted by molar-refractivity contribution is 6.07. The van der Waals surface area contributed by atoms with E-state index >= 15 is 0 Å². The van der Waals surface area contributed by atoms with E-state index in [0.29, 0.717) is 0 Å². The van der Waals surface area contributed by atoms with Crippen LogP contribution in [0.15, 0.2) is 199 Å². The molecule has 0 saturated heterocycles. The monoisotopic (exact) mass is 1050 g/mol. The number of anilines is 7. The Kier molecular flexibility index (Phi) is 9.66. The van der Waals surface area contributed by atoms with Crippen LogP contribution in [0.3, 0.4) is 0 Å². The predicted octanol–water partition coefficient (Wildman–Crippen LogP) is 20.3. The van der Waals surface area contributed by atoms with Gasteiger partial charge in [0.15, 0.2) is 0 Å². The number of allylic oxidation sites excluding steroid dienone is 5. The van der Waals surface area contributed by atoms with Gasteiger partial charge in [0.2, 0.25) is 0 Å². The molecule has 3 heterocycles. The summed E-state index contributed by atoms with van der Waals surface area (Å²) < 4.78 is 0. The quantitative estimate of drug-likeness (QED) is 0.175. The highest BCUT2D eigenvalue weighted by Gasteiger charge is 2.57. The number of hydrogen-bond acceptors (Lipinski definition) is 3. The fourth-order valence-corrected chi connectivity index (χ4v) is 17.5. The lowest BCUT2D eigenvalue weighted by molar-refractivity contribution is 0.489. The van der Waals surface area contributed by atoms with Gasteiger partial charge in [-0.1, -0.05) is 192 Å². The van der Waals surface area contributed by atoms with Crippen molar-refractivity contribution in [2.45, 2.75) is 141 Å². The summed E-state index contributed by atoms with van der Waals surface area (Å²) in [5.74, 6) is 0. The van der Waals surface area contributed by atoms with Crippen LogP contribution in [-0.4, -0.2) is 6.04 Å². The summed E-state index contributed by atoms with van der Waals surface area (Å²) in [7, 11) is 0. The van der Waals surface area contributed by atoms with E-state index in [1.165, 1.54) is 140 Å². The van der Waals surface area contributed by atoms with E-state index in [2.05, 4.69) is 280 Å². The molecule has 0 radical (unpaired) electrons. The summed E-state index contributed by atoms with van der Waals surface area (Å²) in [6, 6.07) is 60.7. The lowest BCUT2D eigenvalue weighted by Crippen LogP contribution is -2.48. The Hall–Kier alpha value is -7.88. The Bertz CT molecular complexity index is 4260. The summed E-state index contributed by atoms with van der Waals surface area (Å²) >= 11 is 0. The van der Waals surface area contributed by atoms with E-state index < -0.39 is 0 Å². The fourth-order valence-electron chi connectivity index (χ4n) is 17.5. The molecule has 3 heteroatoms. The Labute approximate surface area is 480 Å². The molecule has 5 aliphatic carbocycles. The number of rotatable bonds is 3. The van der Waals surface area contributed by atoms with Crippen molar-refractivity contribution in [2.75, 3.05) is 14.7 Å². The molecule has 1 atom stereocenters. The van der Waals surface area contributed by atoms with Crippen LogP contribution in [0.4, 0.5) is 39.8 Å². The summed E-state index contributed by atoms with van der Waals surface area (Å²) in [4.78, 5) is 7.87. The van der Waals surface area contributed by atoms with Crippen molar-refractivity contribution >= 4 is 45.4 Å². The van der Waals surface area contributed by atoms with Crippen molar-refractivity contribution in [3.8, 4) is 22.3 Å². The molecule has 8 aliphatic rings. The van der Waals surface area contributed by atoms with Gasteiger partial charge in [-0.3, -0.25) is 0 Å². The minimum Gasteiger partial charge on any atom is -0.334 e. The Morgan fingerprint density at radius 1 is 0.383 bits per heavy atom. The third-order valence-electron chi connectivity index (χ3n) is 21.6. The third-order valence-corrected chi connectivity index (χ3v) is 21.6. The van der Waals surface area contributed by atoms with Gasteiger partial charge in [-0.05, 0) is 192 Å². The second-order valence-corrected chi connectivity index (χ2v) is 27.9. The van der Waals surface area contributed by atoms with Crippen molar-refractivity contribution in [3.05, 3.63) is 260 Å². The summed E-state index contributed by atoms with van der Waals surface area (Å²) in [5.41, 5.74) is 34.5. The van der Waals surface area contributed by atoms with Crippen LogP contribution >= 0.6 is 0 Å². The van der Waals surface area contributed by atoms with Crippen LogP contribution in [0, 0.1) is 0 Å². The molecule has 0 aromatic heterocycles. The molecule has 81 heavy (non-hydrogen) atoms. The highest BCUT2D eigenvalue weighted by Crippen LogP contribution is 2.70. The lowest BCUT2D eigenvalue weighted by Gasteiger charge is -2.51. The van der Waals surface area contributed by atoms with Gasteiger partial charge >= 0.3 is 0 Å². The molecular formula is C78H73N3. The zero-order chi connectivity index (χ0) is 55.7. The second kappa shape index (κ2) is 16.0. The average molecular weight is 1050 g/mol. The van der Waals surface area contributed by atoms with Crippen molar-refractivity contribution < 1.29 is 0 Å². The first kappa shape index (κ1) is 49.0. The molecule has 1 unspecified atom stereocenters. The van der Waals surface area contributed by atoms with Crippen LogP contribution in [0.2, 0.25) is 0 Å². The van der Waals surface area contributed by atoms with E-state index in [1.54, 1.807) is 5.57 Å². The number of nitrogens with zero attached hydrogens (tertiary/aromatic N) is 3. The van der Waals surface area contributed by atoms with Gasteiger partial charge in [-0.25, -0.2) is 0 Å². The maximum Gasteiger partial charge on any atom is 0.0601 e. The topological polar surface area (TPSA) is 9.72 Å². The van der Waals surface area contributed by atoms with Gasteiger partial charge < -0.3 is 14.7 Å². The zero-order valence-corrected chi connectivity index (χ0v) is 49.4. The van der Waals surface area contributed by atoms with E-state index in [-0.39, 0.29) is 38.5 Å². The molecule has 0 saturated carbocycles. The van der Waals surface area contributed by atoms with Crippen LogP contribution in [0.1, 0.15) is 164 Å². The Balaban J connectivity index is 1.02. The summed E-state index contributed by atoms with van der Waals surface area (Å²) in [6.07, 6.45) is 13.2. The first-order chi connectivity index (χ1) is 38.8. The molecule has 3 nitrogen and oxygen atoms in total. The maximum absolute atomic E-state index is 2.76. The van der Waals surface area contributed by atoms with Gasteiger partial charge in [-0.15, -0.1) is 0 Å². The van der Waals surface area contributed by atoms with E-state index in [9.17, 15) is 0 Å². The van der Waals surface area contributed by atoms with Crippen LogP contribution in [-0.2, 0) is 32.5 Å². The van der Waals surface area contributed by atoms with Crippen molar-refractivity contribution in [1.82, 2.24) is 0 Å². The molecule has 0 amide bonds. The number of fused-ring (bicyclic) bond motifs is 17. The molecule has 0 spiro atoms. The number of hydrogen-bond donors (Lipinski definition) is 0. The average Bonchev–Trinajstić information content (AvgIpc) is 1.82. The largest absolute Gasteiger partial charge is 0.334 e. The van der Waals surface area contributed by atoms with Gasteiger partial charge in [0.25, 0.3) is 0 Å². The molecule has 0 fully saturated rings. The number of para-hydroxylation sites is 5. The van der Waals surface area contributed by atoms with Crippen molar-refractivity contribution in [3.63, 3.8) is 0 Å². The normalized spacial score (nSPS) is 21.1. The van der Waals surface area contributed by atoms with Crippen LogP contribution in [0.25, 0.3) is 27.8 Å². The summed E-state index contributed by atoms with van der Waals surface area (Å²) in [5, 5.41) is 0. The second-order valence-electron chi connectivity index (χ2n) is 27.9. The minimum atomic E-state index is -0.361. The zero-order valence-electron chi connectivity index (χ0n) is 49.4. The van der Waals surface area contributed by atoms with Gasteiger partial charge in [0.05, 0.1) is 28.8 Å². The smallest absolute Gasteiger partial charge is 0.0601 e. The Morgan fingerprint density at radius 2 is 0.827 bits per heavy atom. The SMILES string of the molecule is CC1(C)C2=CC3=C(CC2N(C2=CCCC=C2)c2ccccc21)C(C)(C)c1c3c2c(c3c1-c1cc4c(cc1C3(C)C)N(c1ccccc1)c1ccccc1C4(C)C)-c1cc3c(cc1C2(C)C)N(c1ccccc1)c1ccccc1C3(C)C. The van der Waals surface area contributed by atoms with Gasteiger partial charge in [0, 0.05) is 55.2 Å². The standard InChI is InChI=1S/C78H73N3/c1-73(2)52-34-22-25-37-61(52)79(46-28-16-13-17-29-46)64-43-55-49(40-58(64)73)67-70(76(55,7)8)68-51-42-60-66(81(48-32-20-15-21-33-48)63-39-27-24-36-54(63)75(60,5)6)45-57(51)78(11,12)72(68)69-50-41-59-65(44-56(50)77(9,10)71(67)69)80(47-30-18-14-19-31-47)62-38-26-23-35-53(62)74(59,3)4/h13-14,16-20,22-44,66H,15,21,45H2,1-12H3. The van der Waals surface area contributed by atoms with Gasteiger partial charge in [0.1, 0.15) is 0 Å². The predicted molar refractivity (Wildman–Crippen MR) is 340 cm³/mol. The first-order valence-corrected chi connectivity index (χ1v) is 30.0. The third kappa shape index (κ3) is 6.10. The maximum atomic E-state index is 2.76. The molecule has 16 rings (SSSR count). The molecule has 8 aromatic carbocycles. The lowest BCUT2D eigenvalue weighted by atomic mass is 9.65. The Morgan fingerprint density at radius 3 is 1.32 bits per heavy atom. The van der Waals surface area contributed by atoms with Gasteiger partial charge in [-0.2, -0.15) is 0 Å². The van der Waals surface area contributed by atoms with E-state index in [0.717, 1.165) is 19.3 Å². The van der Waals surface area contributed by atoms with Crippen LogP contribution in [0.5, 0.6) is 0 Å². The summed E-state index contributed by atoms with van der Waals surface area (Å²) in [6.45, 7) is 30.4. The highest BCUT2D eigenvalue weighted by atomic mass is 15.2. The molecule has 0 N–H and O–H groups in total. The minimum absolute atomic E-state index is 0.183.